The van der Waals surface area contributed by atoms with Gasteiger partial charge < -0.3 is 19.1 Å². The van der Waals surface area contributed by atoms with Crippen molar-refractivity contribution in [2.24, 2.45) is 0 Å². The quantitative estimate of drug-likeness (QED) is 0.174. The Morgan fingerprint density at radius 2 is 0.987 bits per heavy atom. The van der Waals surface area contributed by atoms with E-state index in [1.165, 1.54) is 62.2 Å². The Hall–Kier alpha value is -6.98. The topological polar surface area (TPSA) is 41.6 Å². The molecule has 0 unspecified atom stereocenters. The molecule has 0 bridgehead atoms. The molecule has 2 aromatic heterocycles. The van der Waals surface area contributed by atoms with Gasteiger partial charge in [-0.2, -0.15) is 0 Å². The van der Waals surface area contributed by atoms with Crippen molar-refractivity contribution >= 4 is 90.5 Å². The molecule has 3 heterocycles. The van der Waals surface area contributed by atoms with Gasteiger partial charge in [-0.25, -0.2) is 0 Å². The molecule has 0 saturated carbocycles. The largest absolute Gasteiger partial charge is 0.455 e. The second-order valence-electron chi connectivity index (χ2n) is 28.0. The molecule has 1 N–H and O–H groups in total. The third-order valence-electron chi connectivity index (χ3n) is 20.0. The lowest BCUT2D eigenvalue weighted by Gasteiger charge is -2.44. The van der Waals surface area contributed by atoms with E-state index in [2.05, 4.69) is 241 Å². The van der Waals surface area contributed by atoms with Crippen LogP contribution in [-0.4, -0.2) is 7.28 Å². The van der Waals surface area contributed by atoms with Gasteiger partial charge in [0, 0.05) is 49.9 Å². The summed E-state index contributed by atoms with van der Waals surface area (Å²) in [4.78, 5) is 2.60. The molecule has 78 heavy (non-hydrogen) atoms. The molecule has 3 aliphatic carbocycles. The second kappa shape index (κ2) is 16.5. The highest BCUT2D eigenvalue weighted by Gasteiger charge is 2.42. The van der Waals surface area contributed by atoms with Crippen molar-refractivity contribution in [3.63, 3.8) is 0 Å². The smallest absolute Gasteiger partial charge is 0.198 e. The van der Waals surface area contributed by atoms with Crippen LogP contribution in [-0.2, 0) is 32.5 Å². The lowest BCUT2D eigenvalue weighted by atomic mass is 9.57. The molecule has 10 aromatic rings. The van der Waals surface area contributed by atoms with Crippen LogP contribution >= 0.6 is 0 Å². The summed E-state index contributed by atoms with van der Waals surface area (Å²) in [6.45, 7) is 31.4. The fraction of sp³-hybridized carbons (Fsp3) is 0.342. The number of hydrogen-bond donors (Lipinski definition) is 1. The van der Waals surface area contributed by atoms with E-state index in [-0.39, 0.29) is 32.5 Å². The second-order valence-corrected chi connectivity index (χ2v) is 28.0. The molecule has 0 fully saturated rings. The molecule has 5 heteroatoms. The van der Waals surface area contributed by atoms with Crippen molar-refractivity contribution in [2.75, 3.05) is 10.2 Å². The summed E-state index contributed by atoms with van der Waals surface area (Å²) in [7, 11) is 2.44. The molecule has 4 nitrogen and oxygen atoms in total. The Balaban J connectivity index is 1.10. The maximum absolute atomic E-state index is 7.57. The van der Waals surface area contributed by atoms with Gasteiger partial charge in [0.1, 0.15) is 22.3 Å². The Labute approximate surface area is 462 Å². The molecule has 0 saturated heterocycles. The minimum atomic E-state index is 0.00540. The zero-order chi connectivity index (χ0) is 54.2. The van der Waals surface area contributed by atoms with Crippen molar-refractivity contribution in [1.82, 2.24) is 0 Å². The number of nitrogens with one attached hydrogen (secondary N) is 1. The standard InChI is InChI=1S/C73H74BN2O2/c1-42-35-51-54(72(10,11)33-31-69(51,4)5)40-58(42)76-59-36-44(43-19-15-14-16-20-43)23-27-56(59)74-65-60(76)39-49-46-21-17-18-22-61(46)77-67(49)64(65)63-57(75-45-24-26-50-52(37-45)70(6,7)30-29-68(50,2)3)28-25-47-48-38-53-55(41-62(48)78-66(47)63)73(12,13)34-32-71(53,8)9/h14-28,35-41,75H,29-34H2,1-13H3. The molecule has 1 radical (unpaired) electrons. The molecule has 391 valence electrons. The van der Waals surface area contributed by atoms with Crippen LogP contribution < -0.4 is 21.1 Å². The summed E-state index contributed by atoms with van der Waals surface area (Å²) in [5, 5.41) is 8.56. The first kappa shape index (κ1) is 49.3. The van der Waals surface area contributed by atoms with Gasteiger partial charge in [-0.1, -0.05) is 161 Å². The number of benzene rings is 8. The van der Waals surface area contributed by atoms with Gasteiger partial charge >= 0.3 is 0 Å². The first-order valence-electron chi connectivity index (χ1n) is 28.9. The van der Waals surface area contributed by atoms with Crippen LogP contribution in [0, 0.1) is 6.92 Å². The number of rotatable bonds is 5. The SMILES string of the molecule is Cc1cc2c(cc1N1c3cc(-c4ccccc4)ccc3[B]c3c1cc1c(oc4ccccc41)c3-c1c(Nc3ccc4c(c3)C(C)(C)CCC4(C)C)ccc3c1oc1cc4c(cc13)C(C)(C)CCC4(C)C)C(C)(C)CCC2(C)C. The third-order valence-corrected chi connectivity index (χ3v) is 20.0. The van der Waals surface area contributed by atoms with E-state index in [9.17, 15) is 0 Å². The zero-order valence-electron chi connectivity index (χ0n) is 48.3. The lowest BCUT2D eigenvalue weighted by molar-refractivity contribution is 0.332. The van der Waals surface area contributed by atoms with E-state index < -0.39 is 0 Å². The fourth-order valence-electron chi connectivity index (χ4n) is 14.7. The first-order valence-corrected chi connectivity index (χ1v) is 28.9. The van der Waals surface area contributed by atoms with E-state index in [4.69, 9.17) is 8.83 Å². The van der Waals surface area contributed by atoms with Crippen LogP contribution in [0.3, 0.4) is 0 Å². The Morgan fingerprint density at radius 1 is 0.410 bits per heavy atom. The predicted molar refractivity (Wildman–Crippen MR) is 332 cm³/mol. The van der Waals surface area contributed by atoms with Gasteiger partial charge in [0.05, 0.1) is 11.3 Å². The van der Waals surface area contributed by atoms with E-state index in [0.29, 0.717) is 0 Å². The van der Waals surface area contributed by atoms with Crippen molar-refractivity contribution in [1.29, 1.82) is 0 Å². The summed E-state index contributed by atoms with van der Waals surface area (Å²) in [5.74, 6) is 0. The number of anilines is 5. The van der Waals surface area contributed by atoms with Gasteiger partial charge in [-0.15, -0.1) is 0 Å². The van der Waals surface area contributed by atoms with Gasteiger partial charge in [-0.3, -0.25) is 0 Å². The Bertz CT molecular complexity index is 4180. The van der Waals surface area contributed by atoms with Gasteiger partial charge in [0.2, 0.25) is 0 Å². The molecule has 0 spiro atoms. The van der Waals surface area contributed by atoms with Crippen molar-refractivity contribution < 1.29 is 8.83 Å². The maximum Gasteiger partial charge on any atom is 0.198 e. The molecule has 8 aromatic carbocycles. The van der Waals surface area contributed by atoms with Crippen LogP contribution in [0.5, 0.6) is 0 Å². The van der Waals surface area contributed by atoms with Crippen LogP contribution in [0.25, 0.3) is 66.1 Å². The number of nitrogens with zero attached hydrogens (tertiary/aromatic N) is 1. The monoisotopic (exact) mass is 1020 g/mol. The fourth-order valence-corrected chi connectivity index (χ4v) is 14.7. The molecular weight excluding hydrogens is 948 g/mol. The Morgan fingerprint density at radius 3 is 1.68 bits per heavy atom. The highest BCUT2D eigenvalue weighted by Crippen LogP contribution is 2.55. The van der Waals surface area contributed by atoms with Crippen molar-refractivity contribution in [2.45, 2.75) is 161 Å². The number of furan rings is 2. The summed E-state index contributed by atoms with van der Waals surface area (Å²) in [6, 6.07) is 50.7. The maximum atomic E-state index is 7.57. The number of aryl methyl sites for hydroxylation is 1. The average molecular weight is 1020 g/mol. The lowest BCUT2D eigenvalue weighted by Crippen LogP contribution is -2.41. The number of hydrogen-bond acceptors (Lipinski definition) is 4. The Kier molecular flexibility index (Phi) is 10.5. The summed E-state index contributed by atoms with van der Waals surface area (Å²) >= 11 is 0. The van der Waals surface area contributed by atoms with Crippen LogP contribution in [0.15, 0.2) is 142 Å². The van der Waals surface area contributed by atoms with Crippen molar-refractivity contribution in [3.05, 3.63) is 172 Å². The van der Waals surface area contributed by atoms with Gasteiger partial charge in [-0.05, 0) is 194 Å². The summed E-state index contributed by atoms with van der Waals surface area (Å²) in [6.07, 6.45) is 6.88. The average Bonchev–Trinajstić information content (AvgIpc) is 4.16. The van der Waals surface area contributed by atoms with E-state index in [1.54, 1.807) is 0 Å². The number of fused-ring (bicyclic) bond motifs is 11. The molecular formula is C73H74BN2O2. The minimum absolute atomic E-state index is 0.00540. The summed E-state index contributed by atoms with van der Waals surface area (Å²) < 4.78 is 14.9. The molecule has 0 atom stereocenters. The van der Waals surface area contributed by atoms with E-state index in [0.717, 1.165) is 121 Å². The molecule has 4 aliphatic rings. The van der Waals surface area contributed by atoms with Crippen molar-refractivity contribution in [3.8, 4) is 22.3 Å². The zero-order valence-corrected chi connectivity index (χ0v) is 48.3. The van der Waals surface area contributed by atoms with E-state index >= 15 is 0 Å². The van der Waals surface area contributed by atoms with Gasteiger partial charge in [0.15, 0.2) is 7.28 Å². The third kappa shape index (κ3) is 7.38. The summed E-state index contributed by atoms with van der Waals surface area (Å²) in [5.41, 5.74) is 25.8. The highest BCUT2D eigenvalue weighted by atomic mass is 16.3. The van der Waals surface area contributed by atoms with Gasteiger partial charge in [0.25, 0.3) is 0 Å². The highest BCUT2D eigenvalue weighted by molar-refractivity contribution is 6.74. The van der Waals surface area contributed by atoms with Crippen LogP contribution in [0.1, 0.15) is 161 Å². The van der Waals surface area contributed by atoms with Crippen LogP contribution in [0.2, 0.25) is 0 Å². The van der Waals surface area contributed by atoms with E-state index in [1.807, 2.05) is 0 Å². The predicted octanol–water partition coefficient (Wildman–Crippen LogP) is 19.4. The normalized spacial score (nSPS) is 19.0. The molecule has 1 aliphatic heterocycles. The minimum Gasteiger partial charge on any atom is -0.455 e. The van der Waals surface area contributed by atoms with Crippen LogP contribution in [0.4, 0.5) is 28.4 Å². The molecule has 14 rings (SSSR count). The first-order chi connectivity index (χ1) is 37.0. The molecule has 0 amide bonds. The number of para-hydroxylation sites is 1.